The lowest BCUT2D eigenvalue weighted by atomic mass is 9.79. The average Bonchev–Trinajstić information content (AvgIpc) is 2.56. The number of epoxide rings is 1. The molecule has 1 nitrogen and oxygen atoms in total. The van der Waals surface area contributed by atoms with Crippen LogP contribution in [0.25, 0.3) is 0 Å². The average molecular weight is 180 g/mol. The number of allylic oxidation sites excluding steroid dienone is 1. The molecule has 0 aromatic carbocycles. The van der Waals surface area contributed by atoms with E-state index in [1.165, 1.54) is 32.1 Å². The molecule has 0 aromatic rings. The van der Waals surface area contributed by atoms with E-state index in [0.717, 1.165) is 0 Å². The van der Waals surface area contributed by atoms with Crippen molar-refractivity contribution in [1.82, 2.24) is 0 Å². The van der Waals surface area contributed by atoms with Crippen LogP contribution >= 0.6 is 0 Å². The minimum absolute atomic E-state index is 0.159. The highest BCUT2D eigenvalue weighted by molar-refractivity contribution is 5.12. The summed E-state index contributed by atoms with van der Waals surface area (Å²) in [5.41, 5.74) is 0.348. The molecule has 2 aliphatic rings. The van der Waals surface area contributed by atoms with E-state index < -0.39 is 0 Å². The third kappa shape index (κ3) is 1.43. The van der Waals surface area contributed by atoms with Crippen molar-refractivity contribution in [2.45, 2.75) is 57.2 Å². The van der Waals surface area contributed by atoms with E-state index in [0.29, 0.717) is 5.92 Å². The summed E-state index contributed by atoms with van der Waals surface area (Å²) in [7, 11) is 0. The molecule has 3 unspecified atom stereocenters. The SMILES string of the molecule is C=CC1CCCCC2(C)OC2(C)C1. The van der Waals surface area contributed by atoms with Gasteiger partial charge in [0.05, 0.1) is 11.2 Å². The molecule has 3 atom stereocenters. The highest BCUT2D eigenvalue weighted by atomic mass is 16.6. The monoisotopic (exact) mass is 180 g/mol. The zero-order valence-electron chi connectivity index (χ0n) is 8.81. The topological polar surface area (TPSA) is 12.5 Å². The molecule has 1 aliphatic carbocycles. The quantitative estimate of drug-likeness (QED) is 0.445. The fourth-order valence-electron chi connectivity index (χ4n) is 2.72. The van der Waals surface area contributed by atoms with Gasteiger partial charge < -0.3 is 4.74 Å². The van der Waals surface area contributed by atoms with Gasteiger partial charge in [-0.15, -0.1) is 6.58 Å². The Kier molecular flexibility index (Phi) is 2.03. The Hall–Kier alpha value is -0.300. The predicted molar refractivity (Wildman–Crippen MR) is 54.7 cm³/mol. The summed E-state index contributed by atoms with van der Waals surface area (Å²) < 4.78 is 5.90. The van der Waals surface area contributed by atoms with Crippen molar-refractivity contribution in [3.63, 3.8) is 0 Å². The first-order valence-corrected chi connectivity index (χ1v) is 5.42. The van der Waals surface area contributed by atoms with Crippen LogP contribution in [0.2, 0.25) is 0 Å². The van der Waals surface area contributed by atoms with Crippen LogP contribution in [0.3, 0.4) is 0 Å². The Morgan fingerprint density at radius 2 is 2.08 bits per heavy atom. The second kappa shape index (κ2) is 2.84. The molecule has 1 aliphatic heterocycles. The minimum Gasteiger partial charge on any atom is -0.363 e. The Bertz CT molecular complexity index is 223. The second-order valence-corrected chi connectivity index (χ2v) is 5.01. The number of ether oxygens (including phenoxy) is 1. The van der Waals surface area contributed by atoms with Crippen molar-refractivity contribution in [2.24, 2.45) is 5.92 Å². The minimum atomic E-state index is 0.159. The molecule has 0 amide bonds. The number of hydrogen-bond donors (Lipinski definition) is 0. The molecular formula is C12H20O. The molecule has 0 N–H and O–H groups in total. The maximum atomic E-state index is 5.90. The lowest BCUT2D eigenvalue weighted by Crippen LogP contribution is -2.24. The number of fused-ring (bicyclic) bond motifs is 1. The third-order valence-corrected chi connectivity index (χ3v) is 3.99. The van der Waals surface area contributed by atoms with Gasteiger partial charge in [-0.1, -0.05) is 18.9 Å². The Balaban J connectivity index is 2.08. The van der Waals surface area contributed by atoms with Crippen molar-refractivity contribution >= 4 is 0 Å². The smallest absolute Gasteiger partial charge is 0.0954 e. The largest absolute Gasteiger partial charge is 0.363 e. The fourth-order valence-corrected chi connectivity index (χ4v) is 2.72. The molecule has 0 bridgehead atoms. The molecule has 74 valence electrons. The van der Waals surface area contributed by atoms with Crippen LogP contribution in [-0.2, 0) is 4.74 Å². The van der Waals surface area contributed by atoms with E-state index >= 15 is 0 Å². The maximum absolute atomic E-state index is 5.90. The molecule has 0 radical (unpaired) electrons. The first-order valence-electron chi connectivity index (χ1n) is 5.42. The van der Waals surface area contributed by atoms with E-state index in [2.05, 4.69) is 26.5 Å². The summed E-state index contributed by atoms with van der Waals surface area (Å²) in [6.45, 7) is 8.43. The summed E-state index contributed by atoms with van der Waals surface area (Å²) in [5.74, 6) is 0.673. The standard InChI is InChI=1S/C12H20O/c1-4-10-7-5-6-8-11(2)12(3,9-10)13-11/h4,10H,1,5-9H2,2-3H3. The van der Waals surface area contributed by atoms with Gasteiger partial charge in [-0.05, 0) is 39.0 Å². The summed E-state index contributed by atoms with van der Waals surface area (Å²) in [6, 6.07) is 0. The van der Waals surface area contributed by atoms with Crippen LogP contribution in [0.5, 0.6) is 0 Å². The van der Waals surface area contributed by atoms with E-state index in [-0.39, 0.29) is 11.2 Å². The first kappa shape index (κ1) is 9.26. The molecule has 0 aromatic heterocycles. The number of rotatable bonds is 1. The molecular weight excluding hydrogens is 160 g/mol. The summed E-state index contributed by atoms with van der Waals surface area (Å²) in [6.07, 6.45) is 8.49. The Morgan fingerprint density at radius 1 is 1.31 bits per heavy atom. The zero-order chi connectivity index (χ0) is 9.53. The molecule has 1 saturated heterocycles. The molecule has 13 heavy (non-hydrogen) atoms. The van der Waals surface area contributed by atoms with Gasteiger partial charge in [0.25, 0.3) is 0 Å². The zero-order valence-corrected chi connectivity index (χ0v) is 8.81. The molecule has 2 fully saturated rings. The molecule has 2 rings (SSSR count). The van der Waals surface area contributed by atoms with Gasteiger partial charge in [0.2, 0.25) is 0 Å². The predicted octanol–water partition coefficient (Wildman–Crippen LogP) is 3.30. The molecule has 1 heterocycles. The van der Waals surface area contributed by atoms with Crippen LogP contribution in [0.4, 0.5) is 0 Å². The van der Waals surface area contributed by atoms with Crippen LogP contribution in [0.15, 0.2) is 12.7 Å². The summed E-state index contributed by atoms with van der Waals surface area (Å²) >= 11 is 0. The fraction of sp³-hybridized carbons (Fsp3) is 0.833. The van der Waals surface area contributed by atoms with E-state index in [1.807, 2.05) is 0 Å². The van der Waals surface area contributed by atoms with Gasteiger partial charge in [0.15, 0.2) is 0 Å². The number of hydrogen-bond acceptors (Lipinski definition) is 1. The van der Waals surface area contributed by atoms with Crippen molar-refractivity contribution < 1.29 is 4.74 Å². The first-order chi connectivity index (χ1) is 6.10. The van der Waals surface area contributed by atoms with E-state index in [9.17, 15) is 0 Å². The summed E-state index contributed by atoms with van der Waals surface area (Å²) in [4.78, 5) is 0. The summed E-state index contributed by atoms with van der Waals surface area (Å²) in [5, 5.41) is 0. The highest BCUT2D eigenvalue weighted by Crippen LogP contribution is 2.55. The van der Waals surface area contributed by atoms with Gasteiger partial charge in [-0.25, -0.2) is 0 Å². The van der Waals surface area contributed by atoms with E-state index in [4.69, 9.17) is 4.74 Å². The van der Waals surface area contributed by atoms with Gasteiger partial charge in [0.1, 0.15) is 0 Å². The van der Waals surface area contributed by atoms with Crippen LogP contribution < -0.4 is 0 Å². The van der Waals surface area contributed by atoms with Gasteiger partial charge >= 0.3 is 0 Å². The van der Waals surface area contributed by atoms with Crippen molar-refractivity contribution in [1.29, 1.82) is 0 Å². The van der Waals surface area contributed by atoms with Crippen molar-refractivity contribution in [2.75, 3.05) is 0 Å². The molecule has 1 saturated carbocycles. The second-order valence-electron chi connectivity index (χ2n) is 5.01. The van der Waals surface area contributed by atoms with Crippen molar-refractivity contribution in [3.8, 4) is 0 Å². The molecule has 1 heteroatoms. The van der Waals surface area contributed by atoms with Gasteiger partial charge in [-0.3, -0.25) is 0 Å². The maximum Gasteiger partial charge on any atom is 0.0954 e. The Morgan fingerprint density at radius 3 is 2.77 bits per heavy atom. The molecule has 0 spiro atoms. The lowest BCUT2D eigenvalue weighted by molar-refractivity contribution is 0.259. The van der Waals surface area contributed by atoms with E-state index in [1.54, 1.807) is 0 Å². The lowest BCUT2D eigenvalue weighted by Gasteiger charge is -2.21. The third-order valence-electron chi connectivity index (χ3n) is 3.99. The highest BCUT2D eigenvalue weighted by Gasteiger charge is 2.63. The van der Waals surface area contributed by atoms with Crippen molar-refractivity contribution in [3.05, 3.63) is 12.7 Å². The Labute approximate surface area is 81.2 Å². The van der Waals surface area contributed by atoms with Crippen LogP contribution in [-0.4, -0.2) is 11.2 Å². The van der Waals surface area contributed by atoms with Crippen LogP contribution in [0.1, 0.15) is 46.0 Å². The normalized spacial score (nSPS) is 50.2. The van der Waals surface area contributed by atoms with Crippen LogP contribution in [0, 0.1) is 5.92 Å². The van der Waals surface area contributed by atoms with Gasteiger partial charge in [0, 0.05) is 0 Å². The van der Waals surface area contributed by atoms with Gasteiger partial charge in [-0.2, -0.15) is 0 Å².